The van der Waals surface area contributed by atoms with Gasteiger partial charge in [-0.2, -0.15) is 0 Å². The van der Waals surface area contributed by atoms with Crippen LogP contribution in [0.15, 0.2) is 48.5 Å². The Morgan fingerprint density at radius 1 is 1.00 bits per heavy atom. The van der Waals surface area contributed by atoms with Gasteiger partial charge in [0.1, 0.15) is 5.82 Å². The molecular formula is C18H22FN. The smallest absolute Gasteiger partial charge is 0.123 e. The molecule has 1 nitrogen and oxygen atoms in total. The van der Waals surface area contributed by atoms with Gasteiger partial charge in [-0.1, -0.05) is 50.2 Å². The van der Waals surface area contributed by atoms with Crippen LogP contribution in [0.4, 0.5) is 4.39 Å². The average Bonchev–Trinajstić information content (AvgIpc) is 2.48. The molecule has 2 aromatic carbocycles. The molecule has 2 aromatic rings. The van der Waals surface area contributed by atoms with Crippen LogP contribution in [0.2, 0.25) is 0 Å². The quantitative estimate of drug-likeness (QED) is 0.866. The fraction of sp³-hybridized carbons (Fsp3) is 0.333. The molecule has 0 aliphatic heterocycles. The van der Waals surface area contributed by atoms with Crippen LogP contribution < -0.4 is 5.73 Å². The minimum Gasteiger partial charge on any atom is -0.321 e. The van der Waals surface area contributed by atoms with Crippen molar-refractivity contribution in [3.63, 3.8) is 0 Å². The number of rotatable bonds is 5. The molecule has 0 radical (unpaired) electrons. The van der Waals surface area contributed by atoms with E-state index in [4.69, 9.17) is 5.73 Å². The van der Waals surface area contributed by atoms with Gasteiger partial charge in [-0.05, 0) is 48.1 Å². The maximum absolute atomic E-state index is 13.4. The van der Waals surface area contributed by atoms with Gasteiger partial charge in [-0.3, -0.25) is 0 Å². The van der Waals surface area contributed by atoms with Crippen molar-refractivity contribution in [2.45, 2.75) is 38.6 Å². The summed E-state index contributed by atoms with van der Waals surface area (Å²) in [5.74, 6) is -0.230. The highest BCUT2D eigenvalue weighted by molar-refractivity contribution is 5.30. The molecule has 0 heterocycles. The van der Waals surface area contributed by atoms with E-state index in [0.29, 0.717) is 0 Å². The number of halogens is 1. The first kappa shape index (κ1) is 14.7. The summed E-state index contributed by atoms with van der Waals surface area (Å²) < 4.78 is 13.4. The molecule has 0 aliphatic carbocycles. The van der Waals surface area contributed by atoms with Crippen LogP contribution in [-0.4, -0.2) is 0 Å². The summed E-state index contributed by atoms with van der Waals surface area (Å²) in [6.07, 6.45) is 2.52. The van der Waals surface area contributed by atoms with E-state index >= 15 is 0 Å². The molecule has 0 saturated heterocycles. The molecule has 20 heavy (non-hydrogen) atoms. The zero-order valence-electron chi connectivity index (χ0n) is 12.2. The fourth-order valence-electron chi connectivity index (χ4n) is 2.49. The standard InChI is InChI=1S/C18H22FN/c1-3-14-8-10-15(11-9-14)13-18(20,4-2)16-6-5-7-17(19)12-16/h5-12H,3-4,13,20H2,1-2H3. The van der Waals surface area contributed by atoms with Crippen LogP contribution in [0.1, 0.15) is 37.0 Å². The highest BCUT2D eigenvalue weighted by atomic mass is 19.1. The van der Waals surface area contributed by atoms with E-state index in [1.54, 1.807) is 12.1 Å². The first-order chi connectivity index (χ1) is 9.57. The Bertz CT molecular complexity index is 562. The molecule has 106 valence electrons. The Morgan fingerprint density at radius 3 is 2.20 bits per heavy atom. The van der Waals surface area contributed by atoms with Gasteiger partial charge in [0.25, 0.3) is 0 Å². The van der Waals surface area contributed by atoms with Crippen molar-refractivity contribution in [3.05, 3.63) is 71.0 Å². The van der Waals surface area contributed by atoms with Crippen molar-refractivity contribution in [2.24, 2.45) is 5.73 Å². The third-order valence-electron chi connectivity index (χ3n) is 3.98. The van der Waals surface area contributed by atoms with Crippen molar-refractivity contribution in [3.8, 4) is 0 Å². The van der Waals surface area contributed by atoms with Gasteiger partial charge in [0, 0.05) is 5.54 Å². The van der Waals surface area contributed by atoms with E-state index in [2.05, 4.69) is 31.2 Å². The summed E-state index contributed by atoms with van der Waals surface area (Å²) in [5.41, 5.74) is 9.37. The largest absolute Gasteiger partial charge is 0.321 e. The van der Waals surface area contributed by atoms with E-state index in [1.807, 2.05) is 13.0 Å². The molecular weight excluding hydrogens is 249 g/mol. The zero-order chi connectivity index (χ0) is 14.6. The van der Waals surface area contributed by atoms with E-state index in [0.717, 1.165) is 24.8 Å². The SMILES string of the molecule is CCc1ccc(CC(N)(CC)c2cccc(F)c2)cc1. The molecule has 0 amide bonds. The lowest BCUT2D eigenvalue weighted by molar-refractivity contribution is 0.422. The molecule has 2 rings (SSSR count). The van der Waals surface area contributed by atoms with Crippen LogP contribution in [0.25, 0.3) is 0 Å². The van der Waals surface area contributed by atoms with Gasteiger partial charge in [0.2, 0.25) is 0 Å². The maximum atomic E-state index is 13.4. The Balaban J connectivity index is 2.26. The third-order valence-corrected chi connectivity index (χ3v) is 3.98. The summed E-state index contributed by atoms with van der Waals surface area (Å²) in [6, 6.07) is 15.1. The molecule has 0 aromatic heterocycles. The van der Waals surface area contributed by atoms with Crippen LogP contribution in [-0.2, 0) is 18.4 Å². The van der Waals surface area contributed by atoms with Gasteiger partial charge in [0.05, 0.1) is 0 Å². The third kappa shape index (κ3) is 3.26. The monoisotopic (exact) mass is 271 g/mol. The molecule has 0 spiro atoms. The van der Waals surface area contributed by atoms with E-state index in [1.165, 1.54) is 17.2 Å². The van der Waals surface area contributed by atoms with Crippen molar-refractivity contribution >= 4 is 0 Å². The van der Waals surface area contributed by atoms with Crippen molar-refractivity contribution in [1.82, 2.24) is 0 Å². The molecule has 0 saturated carbocycles. The second-order valence-corrected chi connectivity index (χ2v) is 5.37. The van der Waals surface area contributed by atoms with E-state index in [9.17, 15) is 4.39 Å². The maximum Gasteiger partial charge on any atom is 0.123 e. The number of hydrogen-bond donors (Lipinski definition) is 1. The van der Waals surface area contributed by atoms with Gasteiger partial charge in [0.15, 0.2) is 0 Å². The normalized spacial score (nSPS) is 14.0. The average molecular weight is 271 g/mol. The second-order valence-electron chi connectivity index (χ2n) is 5.37. The Kier molecular flexibility index (Phi) is 4.56. The molecule has 2 heteroatoms. The topological polar surface area (TPSA) is 26.0 Å². The summed E-state index contributed by atoms with van der Waals surface area (Å²) >= 11 is 0. The first-order valence-corrected chi connectivity index (χ1v) is 7.20. The lowest BCUT2D eigenvalue weighted by atomic mass is 9.82. The predicted octanol–water partition coefficient (Wildman–Crippen LogP) is 4.19. The van der Waals surface area contributed by atoms with E-state index < -0.39 is 5.54 Å². The zero-order valence-corrected chi connectivity index (χ0v) is 12.2. The molecule has 1 unspecified atom stereocenters. The predicted molar refractivity (Wildman–Crippen MR) is 82.1 cm³/mol. The van der Waals surface area contributed by atoms with Crippen LogP contribution >= 0.6 is 0 Å². The van der Waals surface area contributed by atoms with Crippen LogP contribution in [0.3, 0.4) is 0 Å². The molecule has 0 fully saturated rings. The minimum absolute atomic E-state index is 0.230. The molecule has 1 atom stereocenters. The lowest BCUT2D eigenvalue weighted by Gasteiger charge is -2.29. The molecule has 0 bridgehead atoms. The Labute approximate surface area is 120 Å². The van der Waals surface area contributed by atoms with Gasteiger partial charge in [-0.15, -0.1) is 0 Å². The summed E-state index contributed by atoms with van der Waals surface area (Å²) in [6.45, 7) is 4.19. The van der Waals surface area contributed by atoms with Gasteiger partial charge in [-0.25, -0.2) is 4.39 Å². The van der Waals surface area contributed by atoms with Crippen molar-refractivity contribution in [1.29, 1.82) is 0 Å². The number of aryl methyl sites for hydroxylation is 1. The number of nitrogens with two attached hydrogens (primary N) is 1. The lowest BCUT2D eigenvalue weighted by Crippen LogP contribution is -2.38. The number of hydrogen-bond acceptors (Lipinski definition) is 1. The van der Waals surface area contributed by atoms with Crippen molar-refractivity contribution < 1.29 is 4.39 Å². The summed E-state index contributed by atoms with van der Waals surface area (Å²) in [5, 5.41) is 0. The van der Waals surface area contributed by atoms with Crippen LogP contribution in [0, 0.1) is 5.82 Å². The highest BCUT2D eigenvalue weighted by Crippen LogP contribution is 2.27. The fourth-order valence-corrected chi connectivity index (χ4v) is 2.49. The molecule has 0 aliphatic rings. The van der Waals surface area contributed by atoms with Gasteiger partial charge >= 0.3 is 0 Å². The van der Waals surface area contributed by atoms with Crippen LogP contribution in [0.5, 0.6) is 0 Å². The van der Waals surface area contributed by atoms with Gasteiger partial charge < -0.3 is 5.73 Å². The summed E-state index contributed by atoms with van der Waals surface area (Å²) in [4.78, 5) is 0. The summed E-state index contributed by atoms with van der Waals surface area (Å²) in [7, 11) is 0. The molecule has 2 N–H and O–H groups in total. The second kappa shape index (κ2) is 6.19. The Morgan fingerprint density at radius 2 is 1.65 bits per heavy atom. The minimum atomic E-state index is -0.518. The number of benzene rings is 2. The first-order valence-electron chi connectivity index (χ1n) is 7.20. The highest BCUT2D eigenvalue weighted by Gasteiger charge is 2.25. The van der Waals surface area contributed by atoms with Crippen molar-refractivity contribution in [2.75, 3.05) is 0 Å². The van der Waals surface area contributed by atoms with E-state index in [-0.39, 0.29) is 5.82 Å². The Hall–Kier alpha value is -1.67.